The summed E-state index contributed by atoms with van der Waals surface area (Å²) in [5, 5.41) is 0. The largest absolute Gasteiger partial charge is 0.448 e. The normalized spacial score (nSPS) is 22.9. The van der Waals surface area contributed by atoms with Gasteiger partial charge in [0.15, 0.2) is 5.89 Å². The molecule has 1 aromatic heterocycles. The molecule has 1 saturated heterocycles. The molecule has 0 amide bonds. The van der Waals surface area contributed by atoms with Gasteiger partial charge in [-0.15, -0.1) is 0 Å². The Kier molecular flexibility index (Phi) is 3.61. The first-order valence-electron chi connectivity index (χ1n) is 6.09. The lowest BCUT2D eigenvalue weighted by molar-refractivity contribution is 0.157. The van der Waals surface area contributed by atoms with E-state index in [2.05, 4.69) is 23.7 Å². The van der Waals surface area contributed by atoms with Crippen LogP contribution in [0.3, 0.4) is 0 Å². The Labute approximate surface area is 96.8 Å². The van der Waals surface area contributed by atoms with Gasteiger partial charge in [0.1, 0.15) is 6.26 Å². The molecule has 1 aromatic rings. The van der Waals surface area contributed by atoms with Crippen LogP contribution in [0.1, 0.15) is 44.2 Å². The predicted octanol–water partition coefficient (Wildman–Crippen LogP) is 1.72. The average molecular weight is 223 g/mol. The van der Waals surface area contributed by atoms with Crippen molar-refractivity contribution in [2.75, 3.05) is 13.1 Å². The molecule has 0 bridgehead atoms. The van der Waals surface area contributed by atoms with Crippen molar-refractivity contribution in [1.29, 1.82) is 0 Å². The molecule has 2 N–H and O–H groups in total. The number of likely N-dealkylation sites (tertiary alicyclic amines) is 1. The summed E-state index contributed by atoms with van der Waals surface area (Å²) in [5.41, 5.74) is 6.39. The standard InChI is InChI=1S/C12H21N3O/c1-9(2)15-5-3-4-10(7-15)12-14-11(6-13)8-16-12/h8-10H,3-7,13H2,1-2H3. The van der Waals surface area contributed by atoms with Gasteiger partial charge in [0.2, 0.25) is 0 Å². The summed E-state index contributed by atoms with van der Waals surface area (Å²) in [6.07, 6.45) is 4.08. The van der Waals surface area contributed by atoms with Crippen molar-refractivity contribution in [2.24, 2.45) is 5.73 Å². The average Bonchev–Trinajstić information content (AvgIpc) is 2.77. The van der Waals surface area contributed by atoms with E-state index in [-0.39, 0.29) is 0 Å². The van der Waals surface area contributed by atoms with E-state index >= 15 is 0 Å². The summed E-state index contributed by atoms with van der Waals surface area (Å²) in [6, 6.07) is 0.603. The van der Waals surface area contributed by atoms with Gasteiger partial charge in [-0.3, -0.25) is 0 Å². The fourth-order valence-electron chi connectivity index (χ4n) is 2.28. The van der Waals surface area contributed by atoms with Crippen molar-refractivity contribution in [3.63, 3.8) is 0 Å². The Morgan fingerprint density at radius 2 is 2.44 bits per heavy atom. The van der Waals surface area contributed by atoms with Crippen molar-refractivity contribution >= 4 is 0 Å². The van der Waals surface area contributed by atoms with Crippen LogP contribution >= 0.6 is 0 Å². The quantitative estimate of drug-likeness (QED) is 0.847. The highest BCUT2D eigenvalue weighted by Crippen LogP contribution is 2.27. The fraction of sp³-hybridized carbons (Fsp3) is 0.750. The smallest absolute Gasteiger partial charge is 0.198 e. The number of aromatic nitrogens is 1. The van der Waals surface area contributed by atoms with E-state index in [4.69, 9.17) is 10.2 Å². The Morgan fingerprint density at radius 3 is 3.06 bits per heavy atom. The first-order valence-corrected chi connectivity index (χ1v) is 6.09. The predicted molar refractivity (Wildman–Crippen MR) is 63.1 cm³/mol. The van der Waals surface area contributed by atoms with E-state index in [1.807, 2.05) is 0 Å². The molecule has 0 saturated carbocycles. The molecule has 2 heterocycles. The maximum atomic E-state index is 5.54. The van der Waals surface area contributed by atoms with Crippen LogP contribution in [-0.4, -0.2) is 29.0 Å². The topological polar surface area (TPSA) is 55.3 Å². The number of hydrogen-bond acceptors (Lipinski definition) is 4. The number of oxazole rings is 1. The van der Waals surface area contributed by atoms with Crippen LogP contribution < -0.4 is 5.73 Å². The van der Waals surface area contributed by atoms with Gasteiger partial charge in [-0.25, -0.2) is 4.98 Å². The molecule has 0 spiro atoms. The molecular formula is C12H21N3O. The van der Waals surface area contributed by atoms with Crippen LogP contribution in [0.5, 0.6) is 0 Å². The monoisotopic (exact) mass is 223 g/mol. The fourth-order valence-corrected chi connectivity index (χ4v) is 2.28. The van der Waals surface area contributed by atoms with Crippen molar-refractivity contribution in [3.8, 4) is 0 Å². The first-order chi connectivity index (χ1) is 7.70. The van der Waals surface area contributed by atoms with Crippen molar-refractivity contribution in [3.05, 3.63) is 17.8 Å². The third kappa shape index (κ3) is 2.44. The number of piperidine rings is 1. The molecule has 0 radical (unpaired) electrons. The molecule has 4 heteroatoms. The summed E-state index contributed by atoms with van der Waals surface area (Å²) < 4.78 is 5.51. The SMILES string of the molecule is CC(C)N1CCCC(c2nc(CN)co2)C1. The molecular weight excluding hydrogens is 202 g/mol. The molecule has 0 aliphatic carbocycles. The van der Waals surface area contributed by atoms with E-state index in [1.54, 1.807) is 6.26 Å². The van der Waals surface area contributed by atoms with Gasteiger partial charge in [0, 0.05) is 25.0 Å². The number of nitrogens with zero attached hydrogens (tertiary/aromatic N) is 2. The van der Waals surface area contributed by atoms with E-state index < -0.39 is 0 Å². The highest BCUT2D eigenvalue weighted by Gasteiger charge is 2.26. The second-order valence-electron chi connectivity index (χ2n) is 4.81. The van der Waals surface area contributed by atoms with E-state index in [0.29, 0.717) is 18.5 Å². The lowest BCUT2D eigenvalue weighted by Crippen LogP contribution is -2.39. The molecule has 0 aromatic carbocycles. The number of hydrogen-bond donors (Lipinski definition) is 1. The second-order valence-corrected chi connectivity index (χ2v) is 4.81. The van der Waals surface area contributed by atoms with Gasteiger partial charge in [-0.2, -0.15) is 0 Å². The molecule has 1 atom stereocenters. The highest BCUT2D eigenvalue weighted by atomic mass is 16.3. The van der Waals surface area contributed by atoms with Gasteiger partial charge >= 0.3 is 0 Å². The Morgan fingerprint density at radius 1 is 1.62 bits per heavy atom. The zero-order chi connectivity index (χ0) is 11.5. The maximum absolute atomic E-state index is 5.54. The third-order valence-corrected chi connectivity index (χ3v) is 3.31. The zero-order valence-corrected chi connectivity index (χ0v) is 10.1. The van der Waals surface area contributed by atoms with Crippen molar-refractivity contribution in [2.45, 2.75) is 45.2 Å². The van der Waals surface area contributed by atoms with Crippen molar-refractivity contribution < 1.29 is 4.42 Å². The Balaban J connectivity index is 2.03. The van der Waals surface area contributed by atoms with Crippen LogP contribution in [0.25, 0.3) is 0 Å². The Hall–Kier alpha value is -0.870. The summed E-state index contributed by atoms with van der Waals surface area (Å²) in [7, 11) is 0. The third-order valence-electron chi connectivity index (χ3n) is 3.31. The molecule has 1 unspecified atom stereocenters. The van der Waals surface area contributed by atoms with Crippen molar-refractivity contribution in [1.82, 2.24) is 9.88 Å². The second kappa shape index (κ2) is 4.97. The highest BCUT2D eigenvalue weighted by molar-refractivity contribution is 5.02. The zero-order valence-electron chi connectivity index (χ0n) is 10.1. The van der Waals surface area contributed by atoms with E-state index in [0.717, 1.165) is 18.1 Å². The van der Waals surface area contributed by atoms with Gasteiger partial charge in [-0.1, -0.05) is 0 Å². The van der Waals surface area contributed by atoms with E-state index in [9.17, 15) is 0 Å². The van der Waals surface area contributed by atoms with Gasteiger partial charge in [0.05, 0.1) is 5.69 Å². The lowest BCUT2D eigenvalue weighted by atomic mass is 9.97. The van der Waals surface area contributed by atoms with Gasteiger partial charge in [-0.05, 0) is 33.2 Å². The summed E-state index contributed by atoms with van der Waals surface area (Å²) in [6.45, 7) is 7.19. The van der Waals surface area contributed by atoms with Crippen LogP contribution in [-0.2, 0) is 6.54 Å². The molecule has 16 heavy (non-hydrogen) atoms. The Bertz CT molecular complexity index is 335. The molecule has 90 valence electrons. The van der Waals surface area contributed by atoms with Crippen LogP contribution in [0.15, 0.2) is 10.7 Å². The maximum Gasteiger partial charge on any atom is 0.198 e. The molecule has 4 nitrogen and oxygen atoms in total. The van der Waals surface area contributed by atoms with Crippen LogP contribution in [0, 0.1) is 0 Å². The van der Waals surface area contributed by atoms with Gasteiger partial charge < -0.3 is 15.1 Å². The minimum atomic E-state index is 0.441. The number of rotatable bonds is 3. The molecule has 1 aliphatic heterocycles. The minimum Gasteiger partial charge on any atom is -0.448 e. The summed E-state index contributed by atoms with van der Waals surface area (Å²) in [5.74, 6) is 1.31. The van der Waals surface area contributed by atoms with Crippen LogP contribution in [0.2, 0.25) is 0 Å². The molecule has 2 rings (SSSR count). The van der Waals surface area contributed by atoms with Gasteiger partial charge in [0.25, 0.3) is 0 Å². The lowest BCUT2D eigenvalue weighted by Gasteiger charge is -2.34. The summed E-state index contributed by atoms with van der Waals surface area (Å²) >= 11 is 0. The summed E-state index contributed by atoms with van der Waals surface area (Å²) in [4.78, 5) is 6.91. The van der Waals surface area contributed by atoms with E-state index in [1.165, 1.54) is 19.4 Å². The molecule has 1 aliphatic rings. The first kappa shape index (κ1) is 11.6. The van der Waals surface area contributed by atoms with Crippen LogP contribution in [0.4, 0.5) is 0 Å². The minimum absolute atomic E-state index is 0.441. The molecule has 1 fully saturated rings. The number of nitrogens with two attached hydrogens (primary N) is 1.